The van der Waals surface area contributed by atoms with Crippen molar-refractivity contribution in [3.8, 4) is 0 Å². The summed E-state index contributed by atoms with van der Waals surface area (Å²) in [5, 5.41) is -0.242. The van der Waals surface area contributed by atoms with Crippen molar-refractivity contribution in [3.05, 3.63) is 35.9 Å². The quantitative estimate of drug-likeness (QED) is 0.636. The molecule has 5 heteroatoms. The maximum Gasteiger partial charge on any atom is 0.277 e. The first-order valence-corrected chi connectivity index (χ1v) is 7.26. The molecule has 0 aliphatic carbocycles. The fraction of sp³-hybridized carbons (Fsp3) is 0.400. The van der Waals surface area contributed by atoms with Crippen LogP contribution in [0.2, 0.25) is 0 Å². The van der Waals surface area contributed by atoms with Gasteiger partial charge in [-0.25, -0.2) is 8.78 Å². The molecule has 0 saturated carbocycles. The molecule has 0 amide bonds. The minimum absolute atomic E-state index is 0.141. The fourth-order valence-corrected chi connectivity index (χ4v) is 3.19. The molecule has 0 aliphatic rings. The van der Waals surface area contributed by atoms with Gasteiger partial charge in [0.15, 0.2) is 0 Å². The topological polar surface area (TPSA) is 0 Å². The third-order valence-electron chi connectivity index (χ3n) is 2.16. The highest BCUT2D eigenvalue weighted by Gasteiger charge is 2.51. The molecule has 0 heterocycles. The van der Waals surface area contributed by atoms with Gasteiger partial charge in [0.2, 0.25) is 0 Å². The Morgan fingerprint density at radius 2 is 1.53 bits per heavy atom. The second kappa shape index (κ2) is 5.23. The zero-order chi connectivity index (χ0) is 11.5. The minimum atomic E-state index is -2.86. The maximum absolute atomic E-state index is 13.8. The van der Waals surface area contributed by atoms with Crippen LogP contribution in [0.25, 0.3) is 0 Å². The van der Waals surface area contributed by atoms with E-state index in [0.717, 1.165) is 0 Å². The molecule has 1 unspecified atom stereocenters. The van der Waals surface area contributed by atoms with Crippen LogP contribution < -0.4 is 0 Å². The van der Waals surface area contributed by atoms with Crippen molar-refractivity contribution in [2.75, 3.05) is 10.7 Å². The van der Waals surface area contributed by atoms with Gasteiger partial charge in [-0.2, -0.15) is 0 Å². The number of halogens is 5. The molecule has 0 fully saturated rings. The zero-order valence-electron chi connectivity index (χ0n) is 7.69. The van der Waals surface area contributed by atoms with Crippen molar-refractivity contribution in [2.45, 2.75) is 10.2 Å². The number of alkyl halides is 5. The first kappa shape index (κ1) is 13.6. The molecule has 1 aromatic rings. The van der Waals surface area contributed by atoms with Crippen LogP contribution >= 0.6 is 47.8 Å². The Kier molecular flexibility index (Phi) is 4.74. The zero-order valence-corrected chi connectivity index (χ0v) is 12.4. The second-order valence-electron chi connectivity index (χ2n) is 3.14. The summed E-state index contributed by atoms with van der Waals surface area (Å²) in [4.78, 5) is 0. The predicted octanol–water partition coefficient (Wildman–Crippen LogP) is 4.70. The van der Waals surface area contributed by atoms with Crippen molar-refractivity contribution in [1.29, 1.82) is 0 Å². The van der Waals surface area contributed by atoms with Gasteiger partial charge in [0, 0.05) is 5.33 Å². The van der Waals surface area contributed by atoms with E-state index in [0.29, 0.717) is 5.56 Å². The van der Waals surface area contributed by atoms with Gasteiger partial charge < -0.3 is 0 Å². The van der Waals surface area contributed by atoms with Gasteiger partial charge in [-0.05, 0) is 5.56 Å². The molecule has 0 spiro atoms. The average Bonchev–Trinajstić information content (AvgIpc) is 2.29. The number of benzene rings is 1. The summed E-state index contributed by atoms with van der Waals surface area (Å²) in [7, 11) is 0. The summed E-state index contributed by atoms with van der Waals surface area (Å²) in [5.41, 5.74) is 0.561. The van der Waals surface area contributed by atoms with E-state index < -0.39 is 10.2 Å². The molecule has 0 N–H and O–H groups in total. The van der Waals surface area contributed by atoms with E-state index in [1.54, 1.807) is 30.3 Å². The number of rotatable bonds is 4. The minimum Gasteiger partial charge on any atom is -0.204 e. The number of hydrogen-bond donors (Lipinski definition) is 0. The van der Waals surface area contributed by atoms with Crippen molar-refractivity contribution in [3.63, 3.8) is 0 Å². The van der Waals surface area contributed by atoms with Crippen molar-refractivity contribution < 1.29 is 8.78 Å². The lowest BCUT2D eigenvalue weighted by atomic mass is 9.95. The molecule has 0 aromatic heterocycles. The molecule has 0 saturated heterocycles. The molecule has 1 rings (SSSR count). The lowest BCUT2D eigenvalue weighted by molar-refractivity contribution is -0.00500. The molecule has 1 atom stereocenters. The van der Waals surface area contributed by atoms with Crippen molar-refractivity contribution in [1.82, 2.24) is 0 Å². The lowest BCUT2D eigenvalue weighted by Crippen LogP contribution is -2.43. The highest BCUT2D eigenvalue weighted by atomic mass is 79.9. The van der Waals surface area contributed by atoms with Crippen LogP contribution in [0.3, 0.4) is 0 Å². The summed E-state index contributed by atoms with van der Waals surface area (Å²) in [6.07, 6.45) is 0. The Hall–Kier alpha value is 0.520. The van der Waals surface area contributed by atoms with E-state index >= 15 is 0 Å². The molecular formula is C10H9Br3F2. The fourth-order valence-electron chi connectivity index (χ4n) is 1.19. The molecule has 0 radical (unpaired) electrons. The van der Waals surface area contributed by atoms with E-state index in [4.69, 9.17) is 0 Å². The molecule has 0 nitrogen and oxygen atoms in total. The van der Waals surface area contributed by atoms with Gasteiger partial charge in [0.1, 0.15) is 4.32 Å². The van der Waals surface area contributed by atoms with Crippen LogP contribution in [-0.4, -0.2) is 16.6 Å². The van der Waals surface area contributed by atoms with Crippen LogP contribution in [0.15, 0.2) is 30.3 Å². The molecule has 1 aromatic carbocycles. The summed E-state index contributed by atoms with van der Waals surface area (Å²) >= 11 is 9.13. The molecule has 0 bridgehead atoms. The molecule has 0 aliphatic heterocycles. The smallest absolute Gasteiger partial charge is 0.204 e. The Balaban J connectivity index is 3.17. The lowest BCUT2D eigenvalue weighted by Gasteiger charge is -2.33. The highest BCUT2D eigenvalue weighted by Crippen LogP contribution is 2.47. The SMILES string of the molecule is FC(F)(CBr)C(Br)(CBr)c1ccccc1. The third kappa shape index (κ3) is 2.61. The van der Waals surface area contributed by atoms with Gasteiger partial charge in [-0.15, -0.1) is 0 Å². The van der Waals surface area contributed by atoms with Crippen LogP contribution in [0, 0.1) is 0 Å². The Bertz CT molecular complexity index is 316. The van der Waals surface area contributed by atoms with Crippen molar-refractivity contribution >= 4 is 47.8 Å². The molecule has 84 valence electrons. The first-order valence-electron chi connectivity index (χ1n) is 4.22. The Labute approximate surface area is 113 Å². The van der Waals surface area contributed by atoms with Gasteiger partial charge in [-0.3, -0.25) is 0 Å². The van der Waals surface area contributed by atoms with Gasteiger partial charge in [0.25, 0.3) is 5.92 Å². The van der Waals surface area contributed by atoms with E-state index in [2.05, 4.69) is 47.8 Å². The normalized spacial score (nSPS) is 16.1. The average molecular weight is 407 g/mol. The van der Waals surface area contributed by atoms with Gasteiger partial charge >= 0.3 is 0 Å². The van der Waals surface area contributed by atoms with Crippen LogP contribution in [0.4, 0.5) is 8.78 Å². The van der Waals surface area contributed by atoms with Crippen LogP contribution in [0.5, 0.6) is 0 Å². The first-order chi connectivity index (χ1) is 6.98. The Morgan fingerprint density at radius 3 is 1.93 bits per heavy atom. The standard InChI is InChI=1S/C10H9Br3F2/c11-6-9(13,10(14,15)7-12)8-4-2-1-3-5-8/h1-5H,6-7H2. The third-order valence-corrected chi connectivity index (χ3v) is 5.78. The monoisotopic (exact) mass is 404 g/mol. The van der Waals surface area contributed by atoms with Crippen LogP contribution in [-0.2, 0) is 4.32 Å². The predicted molar refractivity (Wildman–Crippen MR) is 69.6 cm³/mol. The summed E-state index contributed by atoms with van der Waals surface area (Å²) in [5.74, 6) is -2.86. The summed E-state index contributed by atoms with van der Waals surface area (Å²) < 4.78 is 26.2. The van der Waals surface area contributed by atoms with Crippen LogP contribution in [0.1, 0.15) is 5.56 Å². The van der Waals surface area contributed by atoms with Gasteiger partial charge in [0.05, 0.1) is 5.33 Å². The second-order valence-corrected chi connectivity index (χ2v) is 5.61. The number of hydrogen-bond acceptors (Lipinski definition) is 0. The highest BCUT2D eigenvalue weighted by molar-refractivity contribution is 9.12. The van der Waals surface area contributed by atoms with E-state index in [-0.39, 0.29) is 10.7 Å². The van der Waals surface area contributed by atoms with Crippen molar-refractivity contribution in [2.24, 2.45) is 0 Å². The summed E-state index contributed by atoms with van der Waals surface area (Å²) in [6.45, 7) is 0. The summed E-state index contributed by atoms with van der Waals surface area (Å²) in [6, 6.07) is 8.67. The molecular weight excluding hydrogens is 398 g/mol. The van der Waals surface area contributed by atoms with Gasteiger partial charge in [-0.1, -0.05) is 78.1 Å². The van der Waals surface area contributed by atoms with E-state index in [9.17, 15) is 8.78 Å². The van der Waals surface area contributed by atoms with E-state index in [1.807, 2.05) is 0 Å². The largest absolute Gasteiger partial charge is 0.277 e. The maximum atomic E-state index is 13.8. The Morgan fingerprint density at radius 1 is 1.00 bits per heavy atom. The molecule has 15 heavy (non-hydrogen) atoms. The van der Waals surface area contributed by atoms with E-state index in [1.165, 1.54) is 0 Å².